The molecule has 3 aromatic heterocycles. The van der Waals surface area contributed by atoms with Crippen molar-refractivity contribution in [3.8, 4) is 11.5 Å². The highest BCUT2D eigenvalue weighted by molar-refractivity contribution is 6.00. The summed E-state index contributed by atoms with van der Waals surface area (Å²) >= 11 is 0. The highest BCUT2D eigenvalue weighted by Gasteiger charge is 2.21. The average molecular weight is 330 g/mol. The monoisotopic (exact) mass is 330 g/mol. The van der Waals surface area contributed by atoms with Gasteiger partial charge in [-0.15, -0.1) is 0 Å². The second kappa shape index (κ2) is 6.41. The van der Waals surface area contributed by atoms with Crippen LogP contribution in [0.4, 0.5) is 5.82 Å². The predicted molar refractivity (Wildman–Crippen MR) is 81.0 cm³/mol. The normalized spacial score (nSPS) is 11.9. The van der Waals surface area contributed by atoms with Crippen molar-refractivity contribution in [2.45, 2.75) is 19.9 Å². The molecule has 0 aromatic carbocycles. The fraction of sp³-hybridized carbons (Fsp3) is 0.200. The summed E-state index contributed by atoms with van der Waals surface area (Å²) in [7, 11) is 0. The molecule has 0 saturated heterocycles. The zero-order chi connectivity index (χ0) is 17.1. The van der Waals surface area contributed by atoms with Crippen LogP contribution in [0.3, 0.4) is 0 Å². The third-order valence-corrected chi connectivity index (χ3v) is 3.13. The first-order valence-electron chi connectivity index (χ1n) is 7.08. The van der Waals surface area contributed by atoms with E-state index >= 15 is 0 Å². The zero-order valence-corrected chi connectivity index (χ0v) is 12.9. The van der Waals surface area contributed by atoms with Crippen molar-refractivity contribution in [3.05, 3.63) is 42.0 Å². The molecule has 3 aromatic rings. The van der Waals surface area contributed by atoms with Gasteiger partial charge in [-0.2, -0.15) is 0 Å². The van der Waals surface area contributed by atoms with E-state index in [4.69, 9.17) is 13.5 Å². The molecular weight excluding hydrogens is 316 g/mol. The number of hydrogen-bond acceptors (Lipinski definition) is 7. The number of hydrogen-bond donors (Lipinski definition) is 2. The topological polar surface area (TPSA) is 123 Å². The largest absolute Gasteiger partial charge is 0.461 e. The molecule has 0 bridgehead atoms. The first-order chi connectivity index (χ1) is 11.5. The van der Waals surface area contributed by atoms with Crippen LogP contribution in [0.5, 0.6) is 0 Å². The summed E-state index contributed by atoms with van der Waals surface area (Å²) in [5, 5.41) is 12.4. The lowest BCUT2D eigenvalue weighted by atomic mass is 10.2. The van der Waals surface area contributed by atoms with Crippen LogP contribution in [0.1, 0.15) is 23.2 Å². The van der Waals surface area contributed by atoms with Crippen molar-refractivity contribution in [1.29, 1.82) is 0 Å². The summed E-state index contributed by atoms with van der Waals surface area (Å²) in [6.07, 6.45) is 1.48. The van der Waals surface area contributed by atoms with E-state index in [1.54, 1.807) is 25.1 Å². The maximum atomic E-state index is 12.1. The Balaban J connectivity index is 1.60. The van der Waals surface area contributed by atoms with Gasteiger partial charge in [0.05, 0.1) is 6.26 Å². The number of anilines is 1. The molecule has 0 unspecified atom stereocenters. The molecule has 0 spiro atoms. The molecule has 2 amide bonds. The van der Waals surface area contributed by atoms with Crippen LogP contribution in [0.25, 0.3) is 11.5 Å². The number of carbonyl (C=O) groups excluding carboxylic acids is 2. The molecule has 0 radical (unpaired) electrons. The Kier molecular flexibility index (Phi) is 4.15. The minimum absolute atomic E-state index is 0.0401. The Morgan fingerprint density at radius 3 is 2.67 bits per heavy atom. The smallest absolute Gasteiger partial charge is 0.274 e. The van der Waals surface area contributed by atoms with E-state index in [2.05, 4.69) is 20.9 Å². The summed E-state index contributed by atoms with van der Waals surface area (Å²) in [6.45, 7) is 3.24. The van der Waals surface area contributed by atoms with E-state index in [0.29, 0.717) is 17.3 Å². The van der Waals surface area contributed by atoms with Gasteiger partial charge in [-0.1, -0.05) is 10.3 Å². The molecule has 2 N–H and O–H groups in total. The van der Waals surface area contributed by atoms with Crippen LogP contribution in [-0.4, -0.2) is 28.2 Å². The Morgan fingerprint density at radius 1 is 1.17 bits per heavy atom. The van der Waals surface area contributed by atoms with Crippen LogP contribution in [0, 0.1) is 6.92 Å². The molecule has 9 nitrogen and oxygen atoms in total. The van der Waals surface area contributed by atoms with Crippen LogP contribution < -0.4 is 10.6 Å². The third-order valence-electron chi connectivity index (χ3n) is 3.13. The van der Waals surface area contributed by atoms with Crippen molar-refractivity contribution in [2.75, 3.05) is 5.32 Å². The average Bonchev–Trinajstić information content (AvgIpc) is 3.28. The van der Waals surface area contributed by atoms with Gasteiger partial charge in [-0.3, -0.25) is 9.59 Å². The molecule has 9 heteroatoms. The number of nitrogens with zero attached hydrogens (tertiary/aromatic N) is 2. The summed E-state index contributed by atoms with van der Waals surface area (Å²) in [5.41, 5.74) is 0.0401. The van der Waals surface area contributed by atoms with Crippen LogP contribution in [-0.2, 0) is 4.79 Å². The lowest BCUT2D eigenvalue weighted by molar-refractivity contribution is -0.117. The standard InChI is InChI=1S/C15H14N4O5/c1-8-6-13(19-23-8)17-14(20)9(2)16-15(21)10-7-12(24-18-10)11-4-3-5-22-11/h3-7,9H,1-2H3,(H,16,21)(H,17,19,20)/t9-/m1/s1. The number of aromatic nitrogens is 2. The van der Waals surface area contributed by atoms with Gasteiger partial charge in [0.25, 0.3) is 5.91 Å². The maximum absolute atomic E-state index is 12.1. The molecule has 24 heavy (non-hydrogen) atoms. The molecule has 124 valence electrons. The SMILES string of the molecule is Cc1cc(NC(=O)[C@@H](C)NC(=O)c2cc(-c3ccco3)on2)no1. The number of amides is 2. The van der Waals surface area contributed by atoms with Gasteiger partial charge in [-0.05, 0) is 26.0 Å². The van der Waals surface area contributed by atoms with Gasteiger partial charge in [-0.25, -0.2) is 0 Å². The first kappa shape index (κ1) is 15.5. The summed E-state index contributed by atoms with van der Waals surface area (Å²) in [6, 6.07) is 5.56. The molecule has 1 atom stereocenters. The second-order valence-corrected chi connectivity index (χ2v) is 5.06. The summed E-state index contributed by atoms with van der Waals surface area (Å²) in [4.78, 5) is 24.1. The zero-order valence-electron chi connectivity index (χ0n) is 12.9. The lowest BCUT2D eigenvalue weighted by Gasteiger charge is -2.11. The minimum Gasteiger partial charge on any atom is -0.461 e. The van der Waals surface area contributed by atoms with Crippen molar-refractivity contribution in [1.82, 2.24) is 15.6 Å². The van der Waals surface area contributed by atoms with Gasteiger partial charge < -0.3 is 24.1 Å². The molecule has 0 aliphatic heterocycles. The Morgan fingerprint density at radius 2 is 2.00 bits per heavy atom. The number of rotatable bonds is 5. The fourth-order valence-electron chi connectivity index (χ4n) is 1.91. The fourth-order valence-corrected chi connectivity index (χ4v) is 1.91. The highest BCUT2D eigenvalue weighted by atomic mass is 16.5. The van der Waals surface area contributed by atoms with Gasteiger partial charge >= 0.3 is 0 Å². The van der Waals surface area contributed by atoms with Gasteiger partial charge in [0, 0.05) is 12.1 Å². The Bertz CT molecular complexity index is 849. The molecule has 0 aliphatic carbocycles. The van der Waals surface area contributed by atoms with E-state index in [1.165, 1.54) is 19.3 Å². The number of nitrogens with one attached hydrogen (secondary N) is 2. The van der Waals surface area contributed by atoms with Crippen LogP contribution >= 0.6 is 0 Å². The molecule has 0 aliphatic rings. The van der Waals surface area contributed by atoms with Crippen molar-refractivity contribution < 1.29 is 23.1 Å². The van der Waals surface area contributed by atoms with Gasteiger partial charge in [0.1, 0.15) is 11.8 Å². The number of carbonyl (C=O) groups is 2. The lowest BCUT2D eigenvalue weighted by Crippen LogP contribution is -2.41. The van der Waals surface area contributed by atoms with E-state index < -0.39 is 17.9 Å². The van der Waals surface area contributed by atoms with Crippen molar-refractivity contribution >= 4 is 17.6 Å². The Labute approximate surface area is 136 Å². The molecular formula is C15H14N4O5. The van der Waals surface area contributed by atoms with Crippen LogP contribution in [0.15, 0.2) is 44.0 Å². The molecule has 3 heterocycles. The van der Waals surface area contributed by atoms with E-state index in [1.807, 2.05) is 0 Å². The number of aryl methyl sites for hydroxylation is 1. The maximum Gasteiger partial charge on any atom is 0.274 e. The third kappa shape index (κ3) is 3.35. The van der Waals surface area contributed by atoms with Gasteiger partial charge in [0.2, 0.25) is 11.7 Å². The quantitative estimate of drug-likeness (QED) is 0.733. The van der Waals surface area contributed by atoms with E-state index in [0.717, 1.165) is 0 Å². The summed E-state index contributed by atoms with van der Waals surface area (Å²) < 4.78 is 15.0. The van der Waals surface area contributed by atoms with Crippen molar-refractivity contribution in [3.63, 3.8) is 0 Å². The van der Waals surface area contributed by atoms with E-state index in [9.17, 15) is 9.59 Å². The Hall–Kier alpha value is -3.36. The number of furan rings is 1. The molecule has 0 fully saturated rings. The van der Waals surface area contributed by atoms with E-state index in [-0.39, 0.29) is 11.5 Å². The molecule has 0 saturated carbocycles. The van der Waals surface area contributed by atoms with Gasteiger partial charge in [0.15, 0.2) is 17.3 Å². The second-order valence-electron chi connectivity index (χ2n) is 5.06. The first-order valence-corrected chi connectivity index (χ1v) is 7.08. The van der Waals surface area contributed by atoms with Crippen molar-refractivity contribution in [2.24, 2.45) is 0 Å². The predicted octanol–water partition coefficient (Wildman–Crippen LogP) is 1.99. The highest BCUT2D eigenvalue weighted by Crippen LogP contribution is 2.20. The summed E-state index contributed by atoms with van der Waals surface area (Å²) in [5.74, 6) is 0.631. The minimum atomic E-state index is -0.807. The van der Waals surface area contributed by atoms with Crippen LogP contribution in [0.2, 0.25) is 0 Å². The molecule has 3 rings (SSSR count).